The molecule has 1 aromatic heterocycles. The normalized spacial score (nSPS) is 16.4. The summed E-state index contributed by atoms with van der Waals surface area (Å²) in [5.74, 6) is 0.833. The summed E-state index contributed by atoms with van der Waals surface area (Å²) < 4.78 is 11.4. The summed E-state index contributed by atoms with van der Waals surface area (Å²) in [5.41, 5.74) is 4.55. The SMILES string of the molecule is Cc1ccccc1C(=O)N(Cc1c(-c2ccccc2)noc1N1CCOCC1)C1CC1. The van der Waals surface area contributed by atoms with Crippen molar-refractivity contribution in [3.8, 4) is 11.3 Å². The lowest BCUT2D eigenvalue weighted by Crippen LogP contribution is -2.38. The number of morpholine rings is 1. The Balaban J connectivity index is 1.53. The van der Waals surface area contributed by atoms with Crippen molar-refractivity contribution in [1.29, 1.82) is 0 Å². The Morgan fingerprint density at radius 2 is 1.77 bits per heavy atom. The van der Waals surface area contributed by atoms with E-state index in [1.54, 1.807) is 0 Å². The number of amides is 1. The highest BCUT2D eigenvalue weighted by molar-refractivity contribution is 5.96. The van der Waals surface area contributed by atoms with E-state index in [-0.39, 0.29) is 11.9 Å². The maximum absolute atomic E-state index is 13.6. The molecule has 2 heterocycles. The van der Waals surface area contributed by atoms with Crippen LogP contribution in [0.25, 0.3) is 11.3 Å². The highest BCUT2D eigenvalue weighted by Crippen LogP contribution is 2.37. The molecule has 0 spiro atoms. The van der Waals surface area contributed by atoms with Crippen LogP contribution in [0.4, 0.5) is 5.88 Å². The Bertz CT molecular complexity index is 1050. The first kappa shape index (κ1) is 19.8. The minimum Gasteiger partial charge on any atom is -0.378 e. The molecule has 0 N–H and O–H groups in total. The van der Waals surface area contributed by atoms with Gasteiger partial charge in [-0.1, -0.05) is 53.7 Å². The van der Waals surface area contributed by atoms with Crippen LogP contribution in [-0.4, -0.2) is 48.3 Å². The number of aryl methyl sites for hydroxylation is 1. The quantitative estimate of drug-likeness (QED) is 0.599. The summed E-state index contributed by atoms with van der Waals surface area (Å²) in [6.07, 6.45) is 2.08. The predicted molar refractivity (Wildman–Crippen MR) is 119 cm³/mol. The minimum atomic E-state index is 0.0775. The molecule has 1 saturated heterocycles. The topological polar surface area (TPSA) is 58.8 Å². The number of nitrogens with zero attached hydrogens (tertiary/aromatic N) is 3. The van der Waals surface area contributed by atoms with E-state index < -0.39 is 0 Å². The molecule has 6 heteroatoms. The Morgan fingerprint density at radius 1 is 1.06 bits per heavy atom. The van der Waals surface area contributed by atoms with Gasteiger partial charge in [0.25, 0.3) is 5.91 Å². The summed E-state index contributed by atoms with van der Waals surface area (Å²) in [6, 6.07) is 18.1. The zero-order chi connectivity index (χ0) is 21.2. The van der Waals surface area contributed by atoms with E-state index in [2.05, 4.69) is 10.1 Å². The number of hydrogen-bond acceptors (Lipinski definition) is 5. The van der Waals surface area contributed by atoms with Crippen molar-refractivity contribution in [2.24, 2.45) is 0 Å². The van der Waals surface area contributed by atoms with Gasteiger partial charge in [0.1, 0.15) is 5.69 Å². The highest BCUT2D eigenvalue weighted by atomic mass is 16.5. The van der Waals surface area contributed by atoms with Gasteiger partial charge in [-0.05, 0) is 31.4 Å². The molecule has 2 aromatic carbocycles. The third kappa shape index (κ3) is 4.08. The van der Waals surface area contributed by atoms with Gasteiger partial charge in [-0.15, -0.1) is 0 Å². The van der Waals surface area contributed by atoms with E-state index >= 15 is 0 Å². The van der Waals surface area contributed by atoms with E-state index in [9.17, 15) is 4.79 Å². The van der Waals surface area contributed by atoms with Gasteiger partial charge in [0.15, 0.2) is 0 Å². The molecule has 0 atom stereocenters. The molecular formula is C25H27N3O3. The van der Waals surface area contributed by atoms with Crippen LogP contribution in [0.5, 0.6) is 0 Å². The fraction of sp³-hybridized carbons (Fsp3) is 0.360. The summed E-state index contributed by atoms with van der Waals surface area (Å²) in [5, 5.41) is 4.45. The number of benzene rings is 2. The van der Waals surface area contributed by atoms with E-state index in [4.69, 9.17) is 9.26 Å². The molecule has 160 valence electrons. The van der Waals surface area contributed by atoms with E-state index in [0.29, 0.717) is 19.8 Å². The first-order valence-corrected chi connectivity index (χ1v) is 11.0. The van der Waals surface area contributed by atoms with E-state index in [1.807, 2.05) is 66.4 Å². The summed E-state index contributed by atoms with van der Waals surface area (Å²) in [4.78, 5) is 17.7. The van der Waals surface area contributed by atoms with Gasteiger partial charge < -0.3 is 19.1 Å². The summed E-state index contributed by atoms with van der Waals surface area (Å²) in [7, 11) is 0. The van der Waals surface area contributed by atoms with Crippen molar-refractivity contribution < 1.29 is 14.1 Å². The van der Waals surface area contributed by atoms with Crippen molar-refractivity contribution in [3.63, 3.8) is 0 Å². The fourth-order valence-electron chi connectivity index (χ4n) is 4.17. The number of aromatic nitrogens is 1. The Labute approximate surface area is 182 Å². The maximum Gasteiger partial charge on any atom is 0.254 e. The molecule has 1 saturated carbocycles. The fourth-order valence-corrected chi connectivity index (χ4v) is 4.17. The summed E-state index contributed by atoms with van der Waals surface area (Å²) >= 11 is 0. The van der Waals surface area contributed by atoms with Crippen molar-refractivity contribution in [1.82, 2.24) is 10.1 Å². The number of anilines is 1. The maximum atomic E-state index is 13.6. The van der Waals surface area contributed by atoms with Crippen molar-refractivity contribution in [2.75, 3.05) is 31.2 Å². The van der Waals surface area contributed by atoms with E-state index in [1.165, 1.54) is 0 Å². The Morgan fingerprint density at radius 3 is 2.48 bits per heavy atom. The molecule has 5 rings (SSSR count). The number of ether oxygens (including phenoxy) is 1. The molecule has 3 aromatic rings. The Hall–Kier alpha value is -3.12. The number of rotatable bonds is 6. The standard InChI is InChI=1S/C25H27N3O3/c1-18-7-5-6-10-21(18)24(29)28(20-11-12-20)17-22-23(19-8-3-2-4-9-19)26-31-25(22)27-13-15-30-16-14-27/h2-10,20H,11-17H2,1H3. The van der Waals surface area contributed by atoms with Crippen molar-refractivity contribution in [3.05, 3.63) is 71.3 Å². The van der Waals surface area contributed by atoms with Gasteiger partial charge in [0.2, 0.25) is 5.88 Å². The van der Waals surface area contributed by atoms with Crippen molar-refractivity contribution >= 4 is 11.8 Å². The van der Waals surface area contributed by atoms with Gasteiger partial charge in [0.05, 0.1) is 25.3 Å². The Kier molecular flexibility index (Phi) is 5.47. The summed E-state index contributed by atoms with van der Waals surface area (Å²) in [6.45, 7) is 5.31. The average Bonchev–Trinajstić information content (AvgIpc) is 3.57. The van der Waals surface area contributed by atoms with Gasteiger partial charge in [-0.25, -0.2) is 0 Å². The first-order chi connectivity index (χ1) is 15.2. The van der Waals surface area contributed by atoms with Crippen LogP contribution in [0, 0.1) is 6.92 Å². The van der Waals surface area contributed by atoms with Crippen LogP contribution in [-0.2, 0) is 11.3 Å². The van der Waals surface area contributed by atoms with Crippen LogP contribution in [0.15, 0.2) is 59.1 Å². The van der Waals surface area contributed by atoms with Gasteiger partial charge >= 0.3 is 0 Å². The van der Waals surface area contributed by atoms with Gasteiger partial charge in [-0.2, -0.15) is 0 Å². The third-order valence-electron chi connectivity index (χ3n) is 6.07. The lowest BCUT2D eigenvalue weighted by Gasteiger charge is -2.28. The second-order valence-electron chi connectivity index (χ2n) is 8.26. The molecular weight excluding hydrogens is 390 g/mol. The van der Waals surface area contributed by atoms with Crippen LogP contribution in [0.3, 0.4) is 0 Å². The molecule has 31 heavy (non-hydrogen) atoms. The lowest BCUT2D eigenvalue weighted by molar-refractivity contribution is 0.0729. The number of carbonyl (C=O) groups is 1. The smallest absolute Gasteiger partial charge is 0.254 e. The van der Waals surface area contributed by atoms with Gasteiger partial charge in [-0.3, -0.25) is 4.79 Å². The van der Waals surface area contributed by atoms with Crippen LogP contribution in [0.1, 0.15) is 34.3 Å². The minimum absolute atomic E-state index is 0.0775. The molecule has 1 amide bonds. The zero-order valence-corrected chi connectivity index (χ0v) is 17.8. The molecule has 0 unspecified atom stereocenters. The predicted octanol–water partition coefficient (Wildman–Crippen LogP) is 4.29. The highest BCUT2D eigenvalue weighted by Gasteiger charge is 2.36. The van der Waals surface area contributed by atoms with Crippen molar-refractivity contribution in [2.45, 2.75) is 32.4 Å². The molecule has 0 bridgehead atoms. The molecule has 1 aliphatic carbocycles. The number of hydrogen-bond donors (Lipinski definition) is 0. The molecule has 1 aliphatic heterocycles. The monoisotopic (exact) mass is 417 g/mol. The van der Waals surface area contributed by atoms with Gasteiger partial charge in [0, 0.05) is 30.3 Å². The second-order valence-corrected chi connectivity index (χ2v) is 8.26. The van der Waals surface area contributed by atoms with E-state index in [0.717, 1.165) is 59.8 Å². The second kappa shape index (κ2) is 8.55. The first-order valence-electron chi connectivity index (χ1n) is 11.0. The average molecular weight is 418 g/mol. The zero-order valence-electron chi connectivity index (χ0n) is 17.8. The van der Waals surface area contributed by atoms with Crippen LogP contribution < -0.4 is 4.90 Å². The lowest BCUT2D eigenvalue weighted by atomic mass is 10.0. The molecule has 2 fully saturated rings. The third-order valence-corrected chi connectivity index (χ3v) is 6.07. The van der Waals surface area contributed by atoms with Crippen LogP contribution >= 0.6 is 0 Å². The molecule has 0 radical (unpaired) electrons. The largest absolute Gasteiger partial charge is 0.378 e. The van der Waals surface area contributed by atoms with Crippen LogP contribution in [0.2, 0.25) is 0 Å². The molecule has 2 aliphatic rings. The number of carbonyl (C=O) groups excluding carboxylic acids is 1. The molecule has 6 nitrogen and oxygen atoms in total.